The van der Waals surface area contributed by atoms with E-state index in [1.165, 1.54) is 25.7 Å². The van der Waals surface area contributed by atoms with Gasteiger partial charge in [-0.2, -0.15) is 50.5 Å². The minimum Gasteiger partial charge on any atom is -0.179 e. The molecule has 0 heterocycles. The van der Waals surface area contributed by atoms with Crippen molar-refractivity contribution in [3.05, 3.63) is 0 Å². The molecule has 15 heavy (non-hydrogen) atoms. The predicted octanol–water partition coefficient (Wildman–Crippen LogP) is 4.03. The fourth-order valence-electron chi connectivity index (χ4n) is 1.14. The topological polar surface area (TPSA) is 0 Å². The van der Waals surface area contributed by atoms with E-state index in [9.17, 15) is 0 Å². The molecule has 0 aromatic rings. The van der Waals surface area contributed by atoms with E-state index in [0.29, 0.717) is 15.9 Å². The van der Waals surface area contributed by atoms with Gasteiger partial charge in [-0.15, -0.1) is 0 Å². The Morgan fingerprint density at radius 2 is 1.27 bits per heavy atom. The van der Waals surface area contributed by atoms with Gasteiger partial charge in [-0.25, -0.2) is 0 Å². The summed E-state index contributed by atoms with van der Waals surface area (Å²) in [7, 11) is 0. The summed E-state index contributed by atoms with van der Waals surface area (Å²) in [6.07, 6.45) is 5.23. The van der Waals surface area contributed by atoms with Crippen molar-refractivity contribution < 1.29 is 0 Å². The molecule has 0 aromatic carbocycles. The minimum atomic E-state index is 0.312. The van der Waals surface area contributed by atoms with E-state index < -0.39 is 0 Å². The van der Waals surface area contributed by atoms with Crippen LogP contribution >= 0.6 is 50.5 Å². The third-order valence-corrected chi connectivity index (χ3v) is 5.73. The summed E-state index contributed by atoms with van der Waals surface area (Å²) in [5.74, 6) is 1.83. The van der Waals surface area contributed by atoms with Crippen molar-refractivity contribution in [1.29, 1.82) is 0 Å². The zero-order valence-electron chi connectivity index (χ0n) is 9.69. The Hall–Kier alpha value is 1.40. The third-order valence-electron chi connectivity index (χ3n) is 2.55. The van der Waals surface area contributed by atoms with Gasteiger partial charge in [0.1, 0.15) is 0 Å². The number of thiol groups is 4. The molecule has 1 fully saturated rings. The van der Waals surface area contributed by atoms with Gasteiger partial charge in [0.05, 0.1) is 0 Å². The van der Waals surface area contributed by atoms with E-state index in [0.717, 1.165) is 11.5 Å². The van der Waals surface area contributed by atoms with Crippen LogP contribution < -0.4 is 0 Å². The summed E-state index contributed by atoms with van der Waals surface area (Å²) >= 11 is 17.0. The van der Waals surface area contributed by atoms with Gasteiger partial charge in [-0.05, 0) is 29.8 Å². The standard InChI is InChI=1S/C6H12S2.C5H12S2/c7-5-3-1-2-4-6(5)8;1-5(2,3-6)4-7/h5-8H,1-4H2;6-7H,3-4H2,1-2H3. The second-order valence-corrected chi connectivity index (χ2v) is 6.86. The number of rotatable bonds is 2. The van der Waals surface area contributed by atoms with Gasteiger partial charge in [0.2, 0.25) is 0 Å². The molecule has 2 unspecified atom stereocenters. The van der Waals surface area contributed by atoms with Crippen molar-refractivity contribution in [3.63, 3.8) is 0 Å². The molecule has 1 rings (SSSR count). The highest BCUT2D eigenvalue weighted by Crippen LogP contribution is 2.26. The highest BCUT2D eigenvalue weighted by molar-refractivity contribution is 7.85. The van der Waals surface area contributed by atoms with Crippen molar-refractivity contribution in [3.8, 4) is 0 Å². The van der Waals surface area contributed by atoms with Crippen LogP contribution in [0.2, 0.25) is 0 Å². The molecule has 2 atom stereocenters. The van der Waals surface area contributed by atoms with Crippen LogP contribution in [-0.4, -0.2) is 22.0 Å². The van der Waals surface area contributed by atoms with Crippen LogP contribution in [0.4, 0.5) is 0 Å². The van der Waals surface area contributed by atoms with E-state index in [1.54, 1.807) is 0 Å². The molecule has 1 aliphatic carbocycles. The largest absolute Gasteiger partial charge is 0.179 e. The Morgan fingerprint density at radius 1 is 0.933 bits per heavy atom. The lowest BCUT2D eigenvalue weighted by atomic mass is 10.00. The van der Waals surface area contributed by atoms with Gasteiger partial charge in [0.15, 0.2) is 0 Å². The molecule has 4 heteroatoms. The normalized spacial score (nSPS) is 26.8. The van der Waals surface area contributed by atoms with Crippen LogP contribution in [-0.2, 0) is 0 Å². The van der Waals surface area contributed by atoms with Gasteiger partial charge < -0.3 is 0 Å². The fourth-order valence-corrected chi connectivity index (χ4v) is 2.21. The Bertz CT molecular complexity index is 143. The van der Waals surface area contributed by atoms with E-state index in [2.05, 4.69) is 64.4 Å². The number of hydrogen-bond donors (Lipinski definition) is 4. The summed E-state index contributed by atoms with van der Waals surface area (Å²) in [6.45, 7) is 4.29. The maximum absolute atomic E-state index is 4.38. The van der Waals surface area contributed by atoms with Gasteiger partial charge in [-0.3, -0.25) is 0 Å². The highest BCUT2D eigenvalue weighted by atomic mass is 32.1. The summed E-state index contributed by atoms with van der Waals surface area (Å²) < 4.78 is 0. The van der Waals surface area contributed by atoms with Gasteiger partial charge in [-0.1, -0.05) is 26.7 Å². The molecular weight excluding hydrogens is 260 g/mol. The molecule has 1 saturated carbocycles. The Morgan fingerprint density at radius 3 is 1.40 bits per heavy atom. The number of hydrogen-bond acceptors (Lipinski definition) is 4. The third kappa shape index (κ3) is 8.17. The average Bonchev–Trinajstić information content (AvgIpc) is 2.23. The van der Waals surface area contributed by atoms with Crippen molar-refractivity contribution in [1.82, 2.24) is 0 Å². The summed E-state index contributed by atoms with van der Waals surface area (Å²) in [4.78, 5) is 0. The molecule has 0 N–H and O–H groups in total. The maximum atomic E-state index is 4.38. The van der Waals surface area contributed by atoms with Crippen LogP contribution in [0.15, 0.2) is 0 Å². The molecule has 0 radical (unpaired) electrons. The Kier molecular flexibility index (Phi) is 9.28. The van der Waals surface area contributed by atoms with Crippen molar-refractivity contribution >= 4 is 50.5 Å². The second-order valence-electron chi connectivity index (χ2n) is 4.90. The van der Waals surface area contributed by atoms with Gasteiger partial charge >= 0.3 is 0 Å². The first-order valence-electron chi connectivity index (χ1n) is 5.51. The lowest BCUT2D eigenvalue weighted by Gasteiger charge is -2.22. The van der Waals surface area contributed by atoms with Gasteiger partial charge in [0.25, 0.3) is 0 Å². The monoisotopic (exact) mass is 284 g/mol. The first-order chi connectivity index (χ1) is 6.93. The zero-order chi connectivity index (χ0) is 11.9. The molecule has 0 aliphatic heterocycles. The van der Waals surface area contributed by atoms with E-state index in [-0.39, 0.29) is 0 Å². The molecule has 0 saturated heterocycles. The maximum Gasteiger partial charge on any atom is 0.0133 e. The average molecular weight is 285 g/mol. The zero-order valence-corrected chi connectivity index (χ0v) is 13.3. The second kappa shape index (κ2) is 8.48. The first kappa shape index (κ1) is 16.4. The lowest BCUT2D eigenvalue weighted by Crippen LogP contribution is -2.19. The fraction of sp³-hybridized carbons (Fsp3) is 1.00. The molecule has 0 nitrogen and oxygen atoms in total. The minimum absolute atomic E-state index is 0.312. The first-order valence-corrected chi connectivity index (χ1v) is 7.80. The predicted molar refractivity (Wildman–Crippen MR) is 85.5 cm³/mol. The van der Waals surface area contributed by atoms with Crippen LogP contribution in [0, 0.1) is 5.41 Å². The molecule has 0 amide bonds. The van der Waals surface area contributed by atoms with E-state index in [4.69, 9.17) is 0 Å². The highest BCUT2D eigenvalue weighted by Gasteiger charge is 2.17. The van der Waals surface area contributed by atoms with E-state index in [1.807, 2.05) is 0 Å². The summed E-state index contributed by atoms with van der Waals surface area (Å²) in [6, 6.07) is 0. The van der Waals surface area contributed by atoms with Crippen molar-refractivity contribution in [2.45, 2.75) is 50.0 Å². The SMILES string of the molecule is CC(C)(CS)CS.SC1CCCCC1S. The van der Waals surface area contributed by atoms with Crippen molar-refractivity contribution in [2.75, 3.05) is 11.5 Å². The van der Waals surface area contributed by atoms with Crippen LogP contribution in [0.1, 0.15) is 39.5 Å². The molecule has 0 bridgehead atoms. The van der Waals surface area contributed by atoms with Crippen LogP contribution in [0.25, 0.3) is 0 Å². The quantitative estimate of drug-likeness (QED) is 0.541. The van der Waals surface area contributed by atoms with Crippen molar-refractivity contribution in [2.24, 2.45) is 5.41 Å². The Balaban J connectivity index is 0.000000265. The van der Waals surface area contributed by atoms with Crippen LogP contribution in [0.3, 0.4) is 0 Å². The molecule has 1 aliphatic rings. The smallest absolute Gasteiger partial charge is 0.0133 e. The lowest BCUT2D eigenvalue weighted by molar-refractivity contribution is 0.495. The summed E-state index contributed by atoms with van der Waals surface area (Å²) in [5, 5.41) is 1.12. The Labute approximate surface area is 117 Å². The molecule has 0 spiro atoms. The molecule has 92 valence electrons. The van der Waals surface area contributed by atoms with E-state index >= 15 is 0 Å². The van der Waals surface area contributed by atoms with Crippen LogP contribution in [0.5, 0.6) is 0 Å². The molecule has 0 aromatic heterocycles. The van der Waals surface area contributed by atoms with Gasteiger partial charge in [0, 0.05) is 10.5 Å². The summed E-state index contributed by atoms with van der Waals surface area (Å²) in [5.41, 5.74) is 0.312. The molecular formula is C11H24S4.